The third-order valence-electron chi connectivity index (χ3n) is 5.00. The van der Waals surface area contributed by atoms with Crippen LogP contribution >= 0.6 is 11.8 Å². The van der Waals surface area contributed by atoms with Crippen molar-refractivity contribution in [1.29, 1.82) is 0 Å². The fraction of sp³-hybridized carbons (Fsp3) is 0.200. The highest BCUT2D eigenvalue weighted by molar-refractivity contribution is 7.98. The van der Waals surface area contributed by atoms with Gasteiger partial charge in [-0.25, -0.2) is 14.2 Å². The summed E-state index contributed by atoms with van der Waals surface area (Å²) in [4.78, 5) is 16.8. The number of hydrogen-bond acceptors (Lipinski definition) is 5. The Morgan fingerprint density at radius 2 is 1.91 bits per heavy atom. The summed E-state index contributed by atoms with van der Waals surface area (Å²) in [5.74, 6) is -0.377. The number of carbonyl (C=O) groups is 1. The SMILES string of the molecule is CCOC(=O)c1ccc2c(c1)nc(SCc1ccccc1OC(F)F)n2Cc1cccc(F)c1. The van der Waals surface area contributed by atoms with Crippen molar-refractivity contribution in [3.63, 3.8) is 0 Å². The summed E-state index contributed by atoms with van der Waals surface area (Å²) >= 11 is 1.33. The summed E-state index contributed by atoms with van der Waals surface area (Å²) in [6.07, 6.45) is 0. The van der Waals surface area contributed by atoms with E-state index in [0.717, 1.165) is 11.1 Å². The van der Waals surface area contributed by atoms with Gasteiger partial charge in [-0.05, 0) is 48.9 Å². The van der Waals surface area contributed by atoms with Gasteiger partial charge in [0, 0.05) is 11.3 Å². The van der Waals surface area contributed by atoms with Crippen LogP contribution in [-0.4, -0.2) is 28.7 Å². The van der Waals surface area contributed by atoms with Gasteiger partial charge in [-0.3, -0.25) is 0 Å². The van der Waals surface area contributed by atoms with Crippen molar-refractivity contribution in [2.24, 2.45) is 0 Å². The zero-order chi connectivity index (χ0) is 24.1. The molecular formula is C25H21F3N2O3S. The van der Waals surface area contributed by atoms with Gasteiger partial charge in [0.25, 0.3) is 0 Å². The molecule has 5 nitrogen and oxygen atoms in total. The van der Waals surface area contributed by atoms with E-state index < -0.39 is 12.6 Å². The van der Waals surface area contributed by atoms with Gasteiger partial charge in [0.15, 0.2) is 5.16 Å². The Morgan fingerprint density at radius 3 is 2.68 bits per heavy atom. The highest BCUT2D eigenvalue weighted by atomic mass is 32.2. The molecule has 1 aromatic heterocycles. The zero-order valence-corrected chi connectivity index (χ0v) is 19.0. The van der Waals surface area contributed by atoms with Crippen molar-refractivity contribution >= 4 is 28.8 Å². The monoisotopic (exact) mass is 486 g/mol. The Kier molecular flexibility index (Phi) is 7.42. The van der Waals surface area contributed by atoms with Crippen LogP contribution in [-0.2, 0) is 17.0 Å². The Balaban J connectivity index is 1.69. The molecular weight excluding hydrogens is 465 g/mol. The van der Waals surface area contributed by atoms with Crippen LogP contribution in [0.25, 0.3) is 11.0 Å². The number of aromatic nitrogens is 2. The molecule has 0 aliphatic rings. The summed E-state index contributed by atoms with van der Waals surface area (Å²) in [6, 6.07) is 17.9. The number of imidazole rings is 1. The number of halogens is 3. The molecule has 0 radical (unpaired) electrons. The second-order valence-corrected chi connectivity index (χ2v) is 8.25. The van der Waals surface area contributed by atoms with Crippen molar-refractivity contribution in [1.82, 2.24) is 9.55 Å². The zero-order valence-electron chi connectivity index (χ0n) is 18.2. The molecule has 176 valence electrons. The van der Waals surface area contributed by atoms with Crippen LogP contribution in [0.5, 0.6) is 5.75 Å². The number of alkyl halides is 2. The Labute approximate surface area is 198 Å². The minimum Gasteiger partial charge on any atom is -0.462 e. The van der Waals surface area contributed by atoms with E-state index in [2.05, 4.69) is 9.72 Å². The van der Waals surface area contributed by atoms with Crippen LogP contribution in [0.4, 0.5) is 13.2 Å². The van der Waals surface area contributed by atoms with E-state index in [1.807, 2.05) is 10.6 Å². The van der Waals surface area contributed by atoms with Crippen LogP contribution in [0.15, 0.2) is 71.9 Å². The van der Waals surface area contributed by atoms with E-state index in [1.54, 1.807) is 49.4 Å². The van der Waals surface area contributed by atoms with Gasteiger partial charge in [-0.2, -0.15) is 8.78 Å². The van der Waals surface area contributed by atoms with Gasteiger partial charge in [0.2, 0.25) is 0 Å². The van der Waals surface area contributed by atoms with E-state index in [1.165, 1.54) is 30.0 Å². The predicted octanol–water partition coefficient (Wildman–Crippen LogP) is 6.29. The van der Waals surface area contributed by atoms with Crippen molar-refractivity contribution < 1.29 is 27.4 Å². The highest BCUT2D eigenvalue weighted by Crippen LogP contribution is 2.31. The summed E-state index contributed by atoms with van der Waals surface area (Å²) in [5.41, 5.74) is 3.01. The molecule has 0 bridgehead atoms. The van der Waals surface area contributed by atoms with Crippen LogP contribution < -0.4 is 4.74 Å². The maximum atomic E-state index is 13.8. The van der Waals surface area contributed by atoms with Crippen LogP contribution in [0.2, 0.25) is 0 Å². The lowest BCUT2D eigenvalue weighted by molar-refractivity contribution is -0.0503. The van der Waals surface area contributed by atoms with Gasteiger partial charge in [-0.1, -0.05) is 42.1 Å². The lowest BCUT2D eigenvalue weighted by Crippen LogP contribution is -2.05. The number of carbonyl (C=O) groups excluding carboxylic acids is 1. The first-order valence-corrected chi connectivity index (χ1v) is 11.5. The first-order valence-electron chi connectivity index (χ1n) is 10.5. The standard InChI is InChI=1S/C25H21F3N2O3S/c1-2-32-23(31)17-10-11-21-20(13-17)29-25(30(21)14-16-6-5-8-19(26)12-16)34-15-18-7-3-4-9-22(18)33-24(27)28/h3-13,24H,2,14-15H2,1H3. The van der Waals surface area contributed by atoms with Crippen molar-refractivity contribution in [2.75, 3.05) is 6.61 Å². The number of esters is 1. The lowest BCUT2D eigenvalue weighted by Gasteiger charge is -2.12. The second kappa shape index (κ2) is 10.6. The molecule has 0 atom stereocenters. The topological polar surface area (TPSA) is 53.4 Å². The molecule has 4 aromatic rings. The van der Waals surface area contributed by atoms with E-state index in [0.29, 0.717) is 34.1 Å². The number of fused-ring (bicyclic) bond motifs is 1. The summed E-state index contributed by atoms with van der Waals surface area (Å²) in [6.45, 7) is -0.601. The predicted molar refractivity (Wildman–Crippen MR) is 124 cm³/mol. The molecule has 0 aliphatic heterocycles. The molecule has 0 saturated carbocycles. The number of benzene rings is 3. The lowest BCUT2D eigenvalue weighted by atomic mass is 10.2. The van der Waals surface area contributed by atoms with Crippen molar-refractivity contribution in [3.05, 3.63) is 89.2 Å². The first-order chi connectivity index (χ1) is 16.4. The molecule has 0 spiro atoms. The number of ether oxygens (including phenoxy) is 2. The average Bonchev–Trinajstić information content (AvgIpc) is 3.15. The smallest absolute Gasteiger partial charge is 0.387 e. The highest BCUT2D eigenvalue weighted by Gasteiger charge is 2.17. The number of thioether (sulfide) groups is 1. The summed E-state index contributed by atoms with van der Waals surface area (Å²) in [7, 11) is 0. The number of para-hydroxylation sites is 1. The Morgan fingerprint density at radius 1 is 1.09 bits per heavy atom. The molecule has 0 unspecified atom stereocenters. The van der Waals surface area contributed by atoms with Gasteiger partial charge in [0.05, 0.1) is 29.7 Å². The molecule has 1 heterocycles. The fourth-order valence-corrected chi connectivity index (χ4v) is 4.51. The maximum Gasteiger partial charge on any atom is 0.387 e. The number of rotatable bonds is 9. The van der Waals surface area contributed by atoms with Gasteiger partial charge in [-0.15, -0.1) is 0 Å². The van der Waals surface area contributed by atoms with E-state index in [-0.39, 0.29) is 18.2 Å². The van der Waals surface area contributed by atoms with E-state index >= 15 is 0 Å². The molecule has 0 saturated heterocycles. The van der Waals surface area contributed by atoms with Crippen molar-refractivity contribution in [2.45, 2.75) is 31.0 Å². The van der Waals surface area contributed by atoms with Gasteiger partial charge >= 0.3 is 12.6 Å². The average molecular weight is 487 g/mol. The molecule has 0 fully saturated rings. The normalized spacial score (nSPS) is 11.2. The fourth-order valence-electron chi connectivity index (χ4n) is 3.51. The second-order valence-electron chi connectivity index (χ2n) is 7.31. The molecule has 9 heteroatoms. The van der Waals surface area contributed by atoms with Crippen LogP contribution in [0.3, 0.4) is 0 Å². The third-order valence-corrected chi connectivity index (χ3v) is 6.02. The summed E-state index contributed by atoms with van der Waals surface area (Å²) in [5, 5.41) is 0.590. The van der Waals surface area contributed by atoms with Crippen LogP contribution in [0.1, 0.15) is 28.4 Å². The summed E-state index contributed by atoms with van der Waals surface area (Å²) < 4.78 is 51.0. The minimum absolute atomic E-state index is 0.0994. The molecule has 34 heavy (non-hydrogen) atoms. The number of nitrogens with zero attached hydrogens (tertiary/aromatic N) is 2. The van der Waals surface area contributed by atoms with Gasteiger partial charge in [0.1, 0.15) is 11.6 Å². The number of hydrogen-bond donors (Lipinski definition) is 0. The minimum atomic E-state index is -2.93. The van der Waals surface area contributed by atoms with Crippen molar-refractivity contribution in [3.8, 4) is 5.75 Å². The maximum absolute atomic E-state index is 13.8. The quantitative estimate of drug-likeness (QED) is 0.205. The van der Waals surface area contributed by atoms with Crippen LogP contribution in [0, 0.1) is 5.82 Å². The third kappa shape index (κ3) is 5.53. The van der Waals surface area contributed by atoms with E-state index in [9.17, 15) is 18.0 Å². The van der Waals surface area contributed by atoms with E-state index in [4.69, 9.17) is 4.74 Å². The van der Waals surface area contributed by atoms with Gasteiger partial charge < -0.3 is 14.0 Å². The largest absolute Gasteiger partial charge is 0.462 e. The molecule has 0 amide bonds. The molecule has 3 aromatic carbocycles. The molecule has 0 aliphatic carbocycles. The molecule has 0 N–H and O–H groups in total. The Bertz CT molecular complexity index is 1310. The first kappa shape index (κ1) is 23.7. The Hall–Kier alpha value is -3.46. The molecule has 4 rings (SSSR count).